The van der Waals surface area contributed by atoms with Crippen LogP contribution < -0.4 is 10.1 Å². The molecule has 0 aromatic heterocycles. The molecule has 2 aromatic rings. The quantitative estimate of drug-likeness (QED) is 0.837. The van der Waals surface area contributed by atoms with Gasteiger partial charge in [-0.1, -0.05) is 11.6 Å². The van der Waals surface area contributed by atoms with Crippen LogP contribution in [0, 0.1) is 5.82 Å². The van der Waals surface area contributed by atoms with Crippen molar-refractivity contribution in [3.63, 3.8) is 0 Å². The first kappa shape index (κ1) is 17.0. The molecule has 6 heteroatoms. The van der Waals surface area contributed by atoms with Crippen molar-refractivity contribution in [1.82, 2.24) is 0 Å². The number of halogens is 2. The Bertz CT molecular complexity index is 731. The maximum absolute atomic E-state index is 13.0. The molecule has 0 aliphatic rings. The maximum Gasteiger partial charge on any atom is 0.265 e. The smallest absolute Gasteiger partial charge is 0.265 e. The Kier molecular flexibility index (Phi) is 5.34. The fraction of sp³-hybridized carbons (Fsp3) is 0.176. The van der Waals surface area contributed by atoms with Gasteiger partial charge in [-0.2, -0.15) is 0 Å². The van der Waals surface area contributed by atoms with Crippen molar-refractivity contribution in [3.8, 4) is 5.75 Å². The fourth-order valence-corrected chi connectivity index (χ4v) is 2.07. The first-order chi connectivity index (χ1) is 10.9. The van der Waals surface area contributed by atoms with Crippen molar-refractivity contribution in [2.24, 2.45) is 0 Å². The molecule has 0 bridgehead atoms. The number of nitrogens with one attached hydrogen (secondary N) is 1. The van der Waals surface area contributed by atoms with Crippen LogP contribution in [0.25, 0.3) is 0 Å². The van der Waals surface area contributed by atoms with E-state index < -0.39 is 17.8 Å². The Morgan fingerprint density at radius 3 is 2.39 bits per heavy atom. The number of Topliss-reactive ketones (excluding diaryl/α,β-unsaturated/α-hetero) is 1. The minimum Gasteiger partial charge on any atom is -0.481 e. The van der Waals surface area contributed by atoms with Crippen molar-refractivity contribution in [1.29, 1.82) is 0 Å². The molecule has 1 atom stereocenters. The van der Waals surface area contributed by atoms with E-state index >= 15 is 0 Å². The number of hydrogen-bond donors (Lipinski definition) is 1. The monoisotopic (exact) mass is 335 g/mol. The molecular formula is C17H15ClFNO3. The zero-order valence-electron chi connectivity index (χ0n) is 12.6. The van der Waals surface area contributed by atoms with E-state index in [1.807, 2.05) is 0 Å². The number of ether oxygens (including phenoxy) is 1. The van der Waals surface area contributed by atoms with Crippen molar-refractivity contribution >= 4 is 29.0 Å². The van der Waals surface area contributed by atoms with E-state index in [1.165, 1.54) is 19.1 Å². The molecule has 0 saturated heterocycles. The van der Waals surface area contributed by atoms with Crippen molar-refractivity contribution in [3.05, 3.63) is 58.9 Å². The topological polar surface area (TPSA) is 55.4 Å². The van der Waals surface area contributed by atoms with Gasteiger partial charge in [0, 0.05) is 5.56 Å². The van der Waals surface area contributed by atoms with Gasteiger partial charge in [-0.3, -0.25) is 9.59 Å². The summed E-state index contributed by atoms with van der Waals surface area (Å²) in [7, 11) is 0. The van der Waals surface area contributed by atoms with Gasteiger partial charge in [-0.15, -0.1) is 0 Å². The predicted molar refractivity (Wildman–Crippen MR) is 86.6 cm³/mol. The summed E-state index contributed by atoms with van der Waals surface area (Å²) < 4.78 is 18.5. The van der Waals surface area contributed by atoms with Crippen LogP contribution in [0.3, 0.4) is 0 Å². The highest BCUT2D eigenvalue weighted by Crippen LogP contribution is 2.23. The molecule has 0 unspecified atom stereocenters. The standard InChI is InChI=1S/C17H15ClFNO3/c1-10(21)12-3-6-14(7-4-12)23-11(2)17(22)20-16-8-5-13(19)9-15(16)18/h3-9,11H,1-2H3,(H,20,22)/t11-/m1/s1. The molecule has 2 rings (SSSR count). The van der Waals surface area contributed by atoms with Gasteiger partial charge in [0.25, 0.3) is 5.91 Å². The molecule has 120 valence electrons. The van der Waals surface area contributed by atoms with Gasteiger partial charge in [0.05, 0.1) is 10.7 Å². The van der Waals surface area contributed by atoms with E-state index in [1.54, 1.807) is 31.2 Å². The molecule has 0 aliphatic heterocycles. The highest BCUT2D eigenvalue weighted by molar-refractivity contribution is 6.33. The number of amides is 1. The highest BCUT2D eigenvalue weighted by Gasteiger charge is 2.16. The molecule has 0 saturated carbocycles. The second-order valence-corrected chi connectivity index (χ2v) is 5.36. The normalized spacial score (nSPS) is 11.7. The zero-order chi connectivity index (χ0) is 17.0. The number of ketones is 1. The van der Waals surface area contributed by atoms with Gasteiger partial charge in [0.1, 0.15) is 11.6 Å². The maximum atomic E-state index is 13.0. The number of carbonyl (C=O) groups is 2. The summed E-state index contributed by atoms with van der Waals surface area (Å²) in [4.78, 5) is 23.3. The number of carbonyl (C=O) groups excluding carboxylic acids is 2. The lowest BCUT2D eigenvalue weighted by atomic mass is 10.1. The van der Waals surface area contributed by atoms with E-state index in [0.717, 1.165) is 6.07 Å². The molecule has 23 heavy (non-hydrogen) atoms. The SMILES string of the molecule is CC(=O)c1ccc(O[C@H](C)C(=O)Nc2ccc(F)cc2Cl)cc1. The molecule has 0 spiro atoms. The van der Waals surface area contributed by atoms with Crippen molar-refractivity contribution in [2.75, 3.05) is 5.32 Å². The number of benzene rings is 2. The summed E-state index contributed by atoms with van der Waals surface area (Å²) in [5, 5.41) is 2.68. The molecule has 1 amide bonds. The van der Waals surface area contributed by atoms with Crippen LogP contribution in [0.1, 0.15) is 24.2 Å². The average molecular weight is 336 g/mol. The van der Waals surface area contributed by atoms with E-state index in [2.05, 4.69) is 5.32 Å². The molecule has 1 N–H and O–H groups in total. The summed E-state index contributed by atoms with van der Waals surface area (Å²) in [6, 6.07) is 10.2. The highest BCUT2D eigenvalue weighted by atomic mass is 35.5. The van der Waals surface area contributed by atoms with Crippen LogP contribution in [-0.4, -0.2) is 17.8 Å². The van der Waals surface area contributed by atoms with Crippen LogP contribution in [0.4, 0.5) is 10.1 Å². The van der Waals surface area contributed by atoms with E-state index in [9.17, 15) is 14.0 Å². The molecule has 4 nitrogen and oxygen atoms in total. The lowest BCUT2D eigenvalue weighted by Crippen LogP contribution is -2.30. The molecular weight excluding hydrogens is 321 g/mol. The molecule has 0 radical (unpaired) electrons. The summed E-state index contributed by atoms with van der Waals surface area (Å²) >= 11 is 5.86. The van der Waals surface area contributed by atoms with Gasteiger partial charge in [-0.05, 0) is 56.3 Å². The first-order valence-corrected chi connectivity index (χ1v) is 7.28. The molecule has 0 fully saturated rings. The molecule has 0 aliphatic carbocycles. The minimum atomic E-state index is -0.792. The summed E-state index contributed by atoms with van der Waals surface area (Å²) in [5.41, 5.74) is 0.869. The molecule has 2 aromatic carbocycles. The Morgan fingerprint density at radius 2 is 1.83 bits per heavy atom. The summed E-state index contributed by atoms with van der Waals surface area (Å²) in [6.45, 7) is 3.05. The van der Waals surface area contributed by atoms with E-state index in [-0.39, 0.29) is 10.8 Å². The first-order valence-electron chi connectivity index (χ1n) is 6.90. The molecule has 0 heterocycles. The van der Waals surface area contributed by atoms with Crippen LogP contribution in [0.2, 0.25) is 5.02 Å². The van der Waals surface area contributed by atoms with Crippen LogP contribution in [0.5, 0.6) is 5.75 Å². The third kappa shape index (κ3) is 4.53. The van der Waals surface area contributed by atoms with Crippen LogP contribution >= 0.6 is 11.6 Å². The van der Waals surface area contributed by atoms with Gasteiger partial charge in [0.2, 0.25) is 0 Å². The minimum absolute atomic E-state index is 0.0479. The van der Waals surface area contributed by atoms with Gasteiger partial charge in [-0.25, -0.2) is 4.39 Å². The van der Waals surface area contributed by atoms with Crippen LogP contribution in [0.15, 0.2) is 42.5 Å². The van der Waals surface area contributed by atoms with Gasteiger partial charge in [0.15, 0.2) is 11.9 Å². The third-order valence-electron chi connectivity index (χ3n) is 3.13. The fourth-order valence-electron chi connectivity index (χ4n) is 1.85. The number of anilines is 1. The van der Waals surface area contributed by atoms with Gasteiger partial charge >= 0.3 is 0 Å². The largest absolute Gasteiger partial charge is 0.481 e. The summed E-state index contributed by atoms with van der Waals surface area (Å²) in [6.07, 6.45) is -0.792. The zero-order valence-corrected chi connectivity index (χ0v) is 13.4. The van der Waals surface area contributed by atoms with Crippen molar-refractivity contribution in [2.45, 2.75) is 20.0 Å². The van der Waals surface area contributed by atoms with Crippen LogP contribution in [-0.2, 0) is 4.79 Å². The lowest BCUT2D eigenvalue weighted by molar-refractivity contribution is -0.122. The Morgan fingerprint density at radius 1 is 1.17 bits per heavy atom. The second kappa shape index (κ2) is 7.24. The van der Waals surface area contributed by atoms with E-state index in [4.69, 9.17) is 16.3 Å². The number of hydrogen-bond acceptors (Lipinski definition) is 3. The van der Waals surface area contributed by atoms with Crippen molar-refractivity contribution < 1.29 is 18.7 Å². The average Bonchev–Trinajstić information content (AvgIpc) is 2.50. The predicted octanol–water partition coefficient (Wildman–Crippen LogP) is 4.09. The lowest BCUT2D eigenvalue weighted by Gasteiger charge is -2.15. The summed E-state index contributed by atoms with van der Waals surface area (Å²) in [5.74, 6) is -0.492. The second-order valence-electron chi connectivity index (χ2n) is 4.95. The third-order valence-corrected chi connectivity index (χ3v) is 3.44. The Balaban J connectivity index is 2.00. The number of rotatable bonds is 5. The Labute approximate surface area is 138 Å². The van der Waals surface area contributed by atoms with Gasteiger partial charge < -0.3 is 10.1 Å². The van der Waals surface area contributed by atoms with E-state index in [0.29, 0.717) is 17.0 Å². The Hall–Kier alpha value is -2.40.